The standard InChI is InChI=1S/C14H25N3O/c1-14(2)11-13(18)5-10-16(12-14)7-4-9-17-8-3-6-15-17/h3,6,8,13,18H,4-5,7,9-12H2,1-2H3. The van der Waals surface area contributed by atoms with Gasteiger partial charge in [-0.3, -0.25) is 4.68 Å². The molecule has 4 nitrogen and oxygen atoms in total. The fourth-order valence-electron chi connectivity index (χ4n) is 2.90. The van der Waals surface area contributed by atoms with Gasteiger partial charge in [-0.1, -0.05) is 13.8 Å². The van der Waals surface area contributed by atoms with Crippen LogP contribution in [0.3, 0.4) is 0 Å². The second kappa shape index (κ2) is 5.85. The quantitative estimate of drug-likeness (QED) is 0.886. The maximum absolute atomic E-state index is 9.88. The first-order valence-corrected chi connectivity index (χ1v) is 6.93. The number of aliphatic hydroxyl groups is 1. The molecule has 0 amide bonds. The van der Waals surface area contributed by atoms with Crippen molar-refractivity contribution in [3.8, 4) is 0 Å². The molecule has 0 aliphatic carbocycles. The third-order valence-electron chi connectivity index (χ3n) is 3.64. The van der Waals surface area contributed by atoms with E-state index in [4.69, 9.17) is 0 Å². The van der Waals surface area contributed by atoms with E-state index in [1.165, 1.54) is 0 Å². The molecule has 1 aromatic heterocycles. The Bertz CT molecular complexity index is 348. The van der Waals surface area contributed by atoms with Crippen molar-refractivity contribution in [3.63, 3.8) is 0 Å². The first-order chi connectivity index (χ1) is 8.55. The first-order valence-electron chi connectivity index (χ1n) is 6.93. The van der Waals surface area contributed by atoms with Crippen molar-refractivity contribution in [2.24, 2.45) is 5.41 Å². The van der Waals surface area contributed by atoms with Gasteiger partial charge in [0.25, 0.3) is 0 Å². The number of aryl methyl sites for hydroxylation is 1. The number of hydrogen-bond acceptors (Lipinski definition) is 3. The van der Waals surface area contributed by atoms with Crippen molar-refractivity contribution < 1.29 is 5.11 Å². The summed E-state index contributed by atoms with van der Waals surface area (Å²) in [7, 11) is 0. The van der Waals surface area contributed by atoms with Gasteiger partial charge in [-0.25, -0.2) is 0 Å². The van der Waals surface area contributed by atoms with Gasteiger partial charge in [-0.2, -0.15) is 5.10 Å². The van der Waals surface area contributed by atoms with Gasteiger partial charge in [0.15, 0.2) is 0 Å². The summed E-state index contributed by atoms with van der Waals surface area (Å²) in [6, 6.07) is 1.96. The number of aliphatic hydroxyl groups excluding tert-OH is 1. The number of rotatable bonds is 4. The van der Waals surface area contributed by atoms with E-state index in [1.54, 1.807) is 0 Å². The fourth-order valence-corrected chi connectivity index (χ4v) is 2.90. The maximum atomic E-state index is 9.88. The Labute approximate surface area is 110 Å². The van der Waals surface area contributed by atoms with Gasteiger partial charge in [-0.05, 0) is 37.3 Å². The molecule has 1 aromatic rings. The molecule has 1 unspecified atom stereocenters. The van der Waals surface area contributed by atoms with E-state index in [0.717, 1.165) is 45.4 Å². The van der Waals surface area contributed by atoms with Crippen molar-refractivity contribution in [3.05, 3.63) is 18.5 Å². The van der Waals surface area contributed by atoms with Crippen LogP contribution in [-0.2, 0) is 6.54 Å². The molecular formula is C14H25N3O. The fraction of sp³-hybridized carbons (Fsp3) is 0.786. The van der Waals surface area contributed by atoms with Crippen LogP contribution in [0.4, 0.5) is 0 Å². The summed E-state index contributed by atoms with van der Waals surface area (Å²) in [5, 5.41) is 14.1. The third-order valence-corrected chi connectivity index (χ3v) is 3.64. The Balaban J connectivity index is 1.78. The number of nitrogens with zero attached hydrogens (tertiary/aromatic N) is 3. The van der Waals surface area contributed by atoms with Crippen LogP contribution in [0.25, 0.3) is 0 Å². The van der Waals surface area contributed by atoms with Gasteiger partial charge >= 0.3 is 0 Å². The predicted molar refractivity (Wildman–Crippen MR) is 72.3 cm³/mol. The predicted octanol–water partition coefficient (Wildman–Crippen LogP) is 1.76. The van der Waals surface area contributed by atoms with Crippen molar-refractivity contribution in [1.29, 1.82) is 0 Å². The lowest BCUT2D eigenvalue weighted by Gasteiger charge is -2.29. The number of likely N-dealkylation sites (tertiary alicyclic amines) is 1. The Kier molecular flexibility index (Phi) is 4.40. The summed E-state index contributed by atoms with van der Waals surface area (Å²) in [5.74, 6) is 0. The molecule has 1 fully saturated rings. The molecule has 0 spiro atoms. The zero-order chi connectivity index (χ0) is 13.0. The molecule has 1 aliphatic rings. The third kappa shape index (κ3) is 4.10. The average Bonchev–Trinajstić information content (AvgIpc) is 2.73. The molecule has 18 heavy (non-hydrogen) atoms. The molecule has 0 radical (unpaired) electrons. The highest BCUT2D eigenvalue weighted by Gasteiger charge is 2.28. The SMILES string of the molecule is CC1(C)CC(O)CCN(CCCn2cccn2)C1. The van der Waals surface area contributed by atoms with Crippen LogP contribution in [0.5, 0.6) is 0 Å². The van der Waals surface area contributed by atoms with Gasteiger partial charge in [0.05, 0.1) is 6.10 Å². The Morgan fingerprint density at radius 1 is 1.39 bits per heavy atom. The molecule has 1 atom stereocenters. The molecule has 1 N–H and O–H groups in total. The average molecular weight is 251 g/mol. The van der Waals surface area contributed by atoms with Gasteiger partial charge in [0.2, 0.25) is 0 Å². The lowest BCUT2D eigenvalue weighted by atomic mass is 9.87. The lowest BCUT2D eigenvalue weighted by Crippen LogP contribution is -2.33. The Morgan fingerprint density at radius 3 is 2.94 bits per heavy atom. The van der Waals surface area contributed by atoms with Crippen molar-refractivity contribution in [2.45, 2.75) is 45.8 Å². The van der Waals surface area contributed by atoms with Crippen LogP contribution in [0.2, 0.25) is 0 Å². The molecular weight excluding hydrogens is 226 g/mol. The topological polar surface area (TPSA) is 41.3 Å². The van der Waals surface area contributed by atoms with Gasteiger partial charge in [0, 0.05) is 32.0 Å². The zero-order valence-corrected chi connectivity index (χ0v) is 11.5. The van der Waals surface area contributed by atoms with E-state index in [9.17, 15) is 5.11 Å². The summed E-state index contributed by atoms with van der Waals surface area (Å²) in [6.07, 6.45) is 6.65. The molecule has 1 aliphatic heterocycles. The van der Waals surface area contributed by atoms with E-state index in [1.807, 2.05) is 23.1 Å². The Morgan fingerprint density at radius 2 is 2.22 bits per heavy atom. The normalized spacial score (nSPS) is 24.9. The largest absolute Gasteiger partial charge is 0.393 e. The van der Waals surface area contributed by atoms with Crippen LogP contribution in [0.15, 0.2) is 18.5 Å². The molecule has 2 rings (SSSR count). The summed E-state index contributed by atoms with van der Waals surface area (Å²) < 4.78 is 1.98. The molecule has 2 heterocycles. The minimum Gasteiger partial charge on any atom is -0.393 e. The molecule has 102 valence electrons. The molecule has 0 bridgehead atoms. The van der Waals surface area contributed by atoms with E-state index < -0.39 is 0 Å². The zero-order valence-electron chi connectivity index (χ0n) is 11.5. The maximum Gasteiger partial charge on any atom is 0.0558 e. The van der Waals surface area contributed by atoms with E-state index in [-0.39, 0.29) is 11.5 Å². The van der Waals surface area contributed by atoms with Crippen molar-refractivity contribution in [2.75, 3.05) is 19.6 Å². The summed E-state index contributed by atoms with van der Waals surface area (Å²) in [6.45, 7) is 8.68. The lowest BCUT2D eigenvalue weighted by molar-refractivity contribution is 0.121. The second-order valence-corrected chi connectivity index (χ2v) is 6.21. The highest BCUT2D eigenvalue weighted by atomic mass is 16.3. The molecule has 0 saturated carbocycles. The van der Waals surface area contributed by atoms with Crippen LogP contribution in [0, 0.1) is 5.41 Å². The minimum absolute atomic E-state index is 0.129. The summed E-state index contributed by atoms with van der Waals surface area (Å²) >= 11 is 0. The van der Waals surface area contributed by atoms with Crippen LogP contribution >= 0.6 is 0 Å². The molecule has 1 saturated heterocycles. The van der Waals surface area contributed by atoms with Gasteiger partial charge in [0.1, 0.15) is 0 Å². The Hall–Kier alpha value is -0.870. The van der Waals surface area contributed by atoms with E-state index in [0.29, 0.717) is 0 Å². The van der Waals surface area contributed by atoms with Gasteiger partial charge in [-0.15, -0.1) is 0 Å². The second-order valence-electron chi connectivity index (χ2n) is 6.21. The molecule has 0 aromatic carbocycles. The summed E-state index contributed by atoms with van der Waals surface area (Å²) in [5.41, 5.74) is 0.224. The number of hydrogen-bond donors (Lipinski definition) is 1. The van der Waals surface area contributed by atoms with Crippen LogP contribution in [-0.4, -0.2) is 45.5 Å². The number of aromatic nitrogens is 2. The monoisotopic (exact) mass is 251 g/mol. The van der Waals surface area contributed by atoms with E-state index in [2.05, 4.69) is 23.8 Å². The highest BCUT2D eigenvalue weighted by molar-refractivity contribution is 4.82. The molecule has 4 heteroatoms. The highest BCUT2D eigenvalue weighted by Crippen LogP contribution is 2.28. The smallest absolute Gasteiger partial charge is 0.0558 e. The first kappa shape index (κ1) is 13.6. The minimum atomic E-state index is -0.129. The van der Waals surface area contributed by atoms with Crippen molar-refractivity contribution >= 4 is 0 Å². The van der Waals surface area contributed by atoms with Crippen LogP contribution in [0.1, 0.15) is 33.1 Å². The van der Waals surface area contributed by atoms with Crippen LogP contribution < -0.4 is 0 Å². The van der Waals surface area contributed by atoms with Gasteiger partial charge < -0.3 is 10.0 Å². The van der Waals surface area contributed by atoms with E-state index >= 15 is 0 Å². The summed E-state index contributed by atoms with van der Waals surface area (Å²) in [4.78, 5) is 2.49. The van der Waals surface area contributed by atoms with Crippen molar-refractivity contribution in [1.82, 2.24) is 14.7 Å².